The first-order valence-corrected chi connectivity index (χ1v) is 10.1. The molecule has 1 amide bonds. The number of carbonyl (C=O) groups excluding carboxylic acids is 1. The van der Waals surface area contributed by atoms with E-state index in [1.165, 1.54) is 0 Å². The van der Waals surface area contributed by atoms with Crippen molar-refractivity contribution < 1.29 is 9.53 Å². The molecular formula is C20H17ClN6O2S. The van der Waals surface area contributed by atoms with Crippen LogP contribution in [0.4, 0.5) is 5.13 Å². The molecule has 0 saturated carbocycles. The molecule has 2 aromatic carbocycles. The molecule has 10 heteroatoms. The van der Waals surface area contributed by atoms with Crippen LogP contribution in [0.25, 0.3) is 17.2 Å². The number of aryl methyl sites for hydroxylation is 1. The minimum atomic E-state index is -0.232. The zero-order chi connectivity index (χ0) is 21.3. The molecule has 8 nitrogen and oxygen atoms in total. The minimum absolute atomic E-state index is 0.232. The number of anilines is 1. The van der Waals surface area contributed by atoms with Gasteiger partial charge < -0.3 is 4.74 Å². The summed E-state index contributed by atoms with van der Waals surface area (Å²) in [6.45, 7) is 3.74. The van der Waals surface area contributed by atoms with Crippen LogP contribution in [-0.2, 0) is 0 Å². The van der Waals surface area contributed by atoms with E-state index in [1.54, 1.807) is 30.0 Å². The van der Waals surface area contributed by atoms with Gasteiger partial charge in [0.25, 0.3) is 5.91 Å². The van der Waals surface area contributed by atoms with Crippen molar-refractivity contribution in [1.82, 2.24) is 24.4 Å². The average molecular weight is 441 g/mol. The molecule has 0 unspecified atom stereocenters. The maximum Gasteiger partial charge on any atom is 0.257 e. The maximum absolute atomic E-state index is 12.5. The summed E-state index contributed by atoms with van der Waals surface area (Å²) in [7, 11) is 1.56. The van der Waals surface area contributed by atoms with Crippen molar-refractivity contribution >= 4 is 34.2 Å². The number of amides is 1. The van der Waals surface area contributed by atoms with Crippen LogP contribution in [0.1, 0.15) is 21.6 Å². The number of ether oxygens (including phenoxy) is 1. The molecular weight excluding hydrogens is 424 g/mol. The van der Waals surface area contributed by atoms with Gasteiger partial charge >= 0.3 is 0 Å². The molecule has 0 spiro atoms. The molecule has 152 valence electrons. The van der Waals surface area contributed by atoms with Crippen LogP contribution >= 0.6 is 23.1 Å². The van der Waals surface area contributed by atoms with Crippen LogP contribution in [-0.4, -0.2) is 37.4 Å². The van der Waals surface area contributed by atoms with Crippen molar-refractivity contribution in [3.63, 3.8) is 0 Å². The number of hydrogen-bond acceptors (Lipinski definition) is 7. The first kappa shape index (κ1) is 20.0. The number of aromatic nitrogens is 5. The second-order valence-electron chi connectivity index (χ2n) is 6.45. The lowest BCUT2D eigenvalue weighted by atomic mass is 10.1. The lowest BCUT2D eigenvalue weighted by Gasteiger charge is -2.07. The van der Waals surface area contributed by atoms with Gasteiger partial charge in [-0.05, 0) is 43.7 Å². The van der Waals surface area contributed by atoms with Crippen LogP contribution in [0.15, 0.2) is 42.5 Å². The molecule has 4 rings (SSSR count). The highest BCUT2D eigenvalue weighted by Gasteiger charge is 2.18. The van der Waals surface area contributed by atoms with E-state index in [0.717, 1.165) is 28.5 Å². The van der Waals surface area contributed by atoms with Gasteiger partial charge in [-0.15, -0.1) is 5.10 Å². The summed E-state index contributed by atoms with van der Waals surface area (Å²) in [6, 6.07) is 12.7. The van der Waals surface area contributed by atoms with Crippen molar-refractivity contribution in [2.24, 2.45) is 0 Å². The summed E-state index contributed by atoms with van der Waals surface area (Å²) in [4.78, 5) is 16.9. The Kier molecular flexibility index (Phi) is 5.47. The fourth-order valence-electron chi connectivity index (χ4n) is 2.93. The SMILES string of the molecule is COc1ccc(-n2nnc(-c3nsc(NC(=O)c4ccccc4C)n3)c2C)cc1Cl. The van der Waals surface area contributed by atoms with E-state index in [-0.39, 0.29) is 5.91 Å². The highest BCUT2D eigenvalue weighted by molar-refractivity contribution is 7.10. The predicted molar refractivity (Wildman–Crippen MR) is 116 cm³/mol. The van der Waals surface area contributed by atoms with E-state index in [1.807, 2.05) is 38.1 Å². The Bertz CT molecular complexity index is 1240. The van der Waals surface area contributed by atoms with Gasteiger partial charge in [0.05, 0.1) is 23.5 Å². The molecule has 2 aromatic heterocycles. The van der Waals surface area contributed by atoms with E-state index in [9.17, 15) is 4.79 Å². The standard InChI is InChI=1S/C20H17ClN6O2S/c1-11-6-4-5-7-14(11)19(28)23-20-22-18(25-30-20)17-12(2)27(26-24-17)13-8-9-16(29-3)15(21)10-13/h4-10H,1-3H3,(H,22,23,25,28). The molecule has 0 aliphatic rings. The van der Waals surface area contributed by atoms with Crippen LogP contribution in [0.2, 0.25) is 5.02 Å². The van der Waals surface area contributed by atoms with Gasteiger partial charge in [0, 0.05) is 17.1 Å². The monoisotopic (exact) mass is 440 g/mol. The van der Waals surface area contributed by atoms with Gasteiger partial charge in [0.2, 0.25) is 5.13 Å². The molecule has 0 bridgehead atoms. The summed E-state index contributed by atoms with van der Waals surface area (Å²) < 4.78 is 11.2. The molecule has 0 aliphatic carbocycles. The molecule has 2 heterocycles. The zero-order valence-corrected chi connectivity index (χ0v) is 18.0. The first-order chi connectivity index (χ1) is 14.5. The molecule has 0 aliphatic heterocycles. The third kappa shape index (κ3) is 3.77. The third-order valence-corrected chi connectivity index (χ3v) is 5.45. The fourth-order valence-corrected chi connectivity index (χ4v) is 3.75. The molecule has 4 aromatic rings. The molecule has 0 atom stereocenters. The van der Waals surface area contributed by atoms with Gasteiger partial charge in [-0.1, -0.05) is 35.0 Å². The van der Waals surface area contributed by atoms with Crippen molar-refractivity contribution in [2.45, 2.75) is 13.8 Å². The largest absolute Gasteiger partial charge is 0.495 e. The van der Waals surface area contributed by atoms with E-state index in [2.05, 4.69) is 25.0 Å². The van der Waals surface area contributed by atoms with Crippen LogP contribution in [0, 0.1) is 13.8 Å². The van der Waals surface area contributed by atoms with Gasteiger partial charge in [-0.25, -0.2) is 4.68 Å². The summed E-state index contributed by atoms with van der Waals surface area (Å²) in [6.07, 6.45) is 0. The number of nitrogens with one attached hydrogen (secondary N) is 1. The van der Waals surface area contributed by atoms with E-state index in [0.29, 0.717) is 33.0 Å². The normalized spacial score (nSPS) is 10.8. The Labute approximate surface area is 181 Å². The molecule has 1 N–H and O–H groups in total. The Morgan fingerprint density at radius 1 is 1.20 bits per heavy atom. The lowest BCUT2D eigenvalue weighted by Crippen LogP contribution is -2.13. The molecule has 0 saturated heterocycles. The summed E-state index contributed by atoms with van der Waals surface area (Å²) >= 11 is 7.31. The average Bonchev–Trinajstić information content (AvgIpc) is 3.34. The van der Waals surface area contributed by atoms with Gasteiger partial charge in [0.15, 0.2) is 11.5 Å². The van der Waals surface area contributed by atoms with Gasteiger partial charge in [-0.3, -0.25) is 10.1 Å². The third-order valence-electron chi connectivity index (χ3n) is 4.52. The van der Waals surface area contributed by atoms with Crippen molar-refractivity contribution in [2.75, 3.05) is 12.4 Å². The van der Waals surface area contributed by atoms with Gasteiger partial charge in [0.1, 0.15) is 5.75 Å². The number of hydrogen-bond donors (Lipinski definition) is 1. The lowest BCUT2D eigenvalue weighted by molar-refractivity contribution is 0.102. The molecule has 30 heavy (non-hydrogen) atoms. The number of nitrogens with zero attached hydrogens (tertiary/aromatic N) is 5. The topological polar surface area (TPSA) is 94.8 Å². The van der Waals surface area contributed by atoms with Crippen LogP contribution in [0.5, 0.6) is 5.75 Å². The van der Waals surface area contributed by atoms with Crippen molar-refractivity contribution in [1.29, 1.82) is 0 Å². The number of carbonyl (C=O) groups is 1. The highest BCUT2D eigenvalue weighted by Crippen LogP contribution is 2.29. The Hall–Kier alpha value is -3.30. The quantitative estimate of drug-likeness (QED) is 0.496. The van der Waals surface area contributed by atoms with Crippen LogP contribution < -0.4 is 10.1 Å². The van der Waals surface area contributed by atoms with E-state index >= 15 is 0 Å². The Balaban J connectivity index is 1.58. The predicted octanol–water partition coefficient (Wildman–Crippen LogP) is 4.32. The Morgan fingerprint density at radius 2 is 2.00 bits per heavy atom. The van der Waals surface area contributed by atoms with Crippen LogP contribution in [0.3, 0.4) is 0 Å². The maximum atomic E-state index is 12.5. The number of methoxy groups -OCH3 is 1. The van der Waals surface area contributed by atoms with E-state index < -0.39 is 0 Å². The fraction of sp³-hybridized carbons (Fsp3) is 0.150. The first-order valence-electron chi connectivity index (χ1n) is 8.95. The second kappa shape index (κ2) is 8.21. The number of halogens is 1. The minimum Gasteiger partial charge on any atom is -0.495 e. The summed E-state index contributed by atoms with van der Waals surface area (Å²) in [5.41, 5.74) is 3.48. The smallest absolute Gasteiger partial charge is 0.257 e. The highest BCUT2D eigenvalue weighted by atomic mass is 35.5. The molecule has 0 fully saturated rings. The van der Waals surface area contributed by atoms with E-state index in [4.69, 9.17) is 16.3 Å². The number of benzene rings is 2. The summed E-state index contributed by atoms with van der Waals surface area (Å²) in [5.74, 6) is 0.737. The molecule has 0 radical (unpaired) electrons. The zero-order valence-electron chi connectivity index (χ0n) is 16.4. The van der Waals surface area contributed by atoms with Crippen molar-refractivity contribution in [3.05, 3.63) is 64.3 Å². The number of rotatable bonds is 5. The summed E-state index contributed by atoms with van der Waals surface area (Å²) in [5, 5.41) is 12.0. The second-order valence-corrected chi connectivity index (χ2v) is 7.61. The van der Waals surface area contributed by atoms with Crippen molar-refractivity contribution in [3.8, 4) is 23.0 Å². The Morgan fingerprint density at radius 3 is 2.73 bits per heavy atom. The van der Waals surface area contributed by atoms with Gasteiger partial charge in [-0.2, -0.15) is 9.36 Å².